The fourth-order valence-electron chi connectivity index (χ4n) is 3.17. The van der Waals surface area contributed by atoms with Gasteiger partial charge in [-0.25, -0.2) is 18.2 Å². The highest BCUT2D eigenvalue weighted by Gasteiger charge is 2.30. The van der Waals surface area contributed by atoms with Gasteiger partial charge in [-0.2, -0.15) is 4.31 Å². The van der Waals surface area contributed by atoms with Gasteiger partial charge in [-0.05, 0) is 25.1 Å². The van der Waals surface area contributed by atoms with E-state index in [4.69, 9.17) is 4.74 Å². The first-order valence-electron chi connectivity index (χ1n) is 9.44. The normalized spacial score (nSPS) is 14.9. The van der Waals surface area contributed by atoms with E-state index in [1.807, 2.05) is 6.07 Å². The van der Waals surface area contributed by atoms with Crippen LogP contribution in [0.15, 0.2) is 47.5 Å². The molecule has 2 amide bonds. The Balaban J connectivity index is 1.57. The first kappa shape index (κ1) is 21.7. The molecule has 0 radical (unpaired) electrons. The minimum atomic E-state index is -3.68. The van der Waals surface area contributed by atoms with Gasteiger partial charge in [0.2, 0.25) is 15.9 Å². The minimum Gasteiger partial charge on any atom is -0.481 e. The minimum absolute atomic E-state index is 0.123. The maximum absolute atomic E-state index is 12.8. The number of carbonyl (C=O) groups is 2. The maximum atomic E-state index is 12.8. The van der Waals surface area contributed by atoms with Crippen LogP contribution >= 0.6 is 0 Å². The van der Waals surface area contributed by atoms with Gasteiger partial charge in [-0.1, -0.05) is 18.2 Å². The Hall–Kier alpha value is -2.98. The zero-order valence-corrected chi connectivity index (χ0v) is 17.7. The van der Waals surface area contributed by atoms with Crippen LogP contribution in [0.3, 0.4) is 0 Å². The average Bonchev–Trinajstić information content (AvgIpc) is 2.77. The van der Waals surface area contributed by atoms with Gasteiger partial charge in [0.1, 0.15) is 0 Å². The van der Waals surface area contributed by atoms with Crippen LogP contribution in [0.2, 0.25) is 0 Å². The number of hydrogen-bond acceptors (Lipinski definition) is 6. The Labute approximate surface area is 175 Å². The van der Waals surface area contributed by atoms with E-state index in [0.29, 0.717) is 11.4 Å². The molecular weight excluding hydrogens is 408 g/mol. The zero-order valence-electron chi connectivity index (χ0n) is 16.9. The molecule has 0 saturated carbocycles. The number of sulfonamides is 1. The van der Waals surface area contributed by atoms with E-state index in [9.17, 15) is 18.0 Å². The number of amides is 2. The molecule has 1 aromatic heterocycles. The second kappa shape index (κ2) is 9.23. The van der Waals surface area contributed by atoms with Crippen molar-refractivity contribution in [3.8, 4) is 5.88 Å². The number of Topliss-reactive ketones (excluding diaryl/α,β-unsaturated/α-hetero) is 1. The molecule has 160 valence electrons. The van der Waals surface area contributed by atoms with Gasteiger partial charge in [0, 0.05) is 50.0 Å². The number of ketones is 1. The molecule has 1 aliphatic heterocycles. The number of carbonyl (C=O) groups excluding carboxylic acids is 2. The Morgan fingerprint density at radius 2 is 1.77 bits per heavy atom. The SMILES string of the molecule is COc1ncccc1CNC(=O)N1CCN(S(=O)(=O)c2ccc(C(C)=O)cc2)CC1. The first-order chi connectivity index (χ1) is 14.3. The summed E-state index contributed by atoms with van der Waals surface area (Å²) in [5.74, 6) is 0.326. The Morgan fingerprint density at radius 3 is 2.37 bits per heavy atom. The molecule has 0 atom stereocenters. The third kappa shape index (κ3) is 4.77. The van der Waals surface area contributed by atoms with Gasteiger partial charge >= 0.3 is 6.03 Å². The molecule has 2 heterocycles. The Kier molecular flexibility index (Phi) is 6.68. The highest BCUT2D eigenvalue weighted by atomic mass is 32.2. The van der Waals surface area contributed by atoms with Gasteiger partial charge in [0.05, 0.1) is 12.0 Å². The van der Waals surface area contributed by atoms with Gasteiger partial charge in [0.15, 0.2) is 5.78 Å². The number of hydrogen-bond donors (Lipinski definition) is 1. The van der Waals surface area contributed by atoms with Crippen molar-refractivity contribution in [1.82, 2.24) is 19.5 Å². The second-order valence-corrected chi connectivity index (χ2v) is 8.74. The summed E-state index contributed by atoms with van der Waals surface area (Å²) >= 11 is 0. The van der Waals surface area contributed by atoms with Crippen molar-refractivity contribution in [2.45, 2.75) is 18.4 Å². The van der Waals surface area contributed by atoms with E-state index < -0.39 is 10.0 Å². The fraction of sp³-hybridized carbons (Fsp3) is 0.350. The van der Waals surface area contributed by atoms with Crippen molar-refractivity contribution in [2.75, 3.05) is 33.3 Å². The van der Waals surface area contributed by atoms with Crippen LogP contribution in [-0.4, -0.2) is 67.7 Å². The lowest BCUT2D eigenvalue weighted by Crippen LogP contribution is -2.52. The van der Waals surface area contributed by atoms with Crippen LogP contribution in [0.4, 0.5) is 4.79 Å². The van der Waals surface area contributed by atoms with Crippen molar-refractivity contribution in [1.29, 1.82) is 0 Å². The summed E-state index contributed by atoms with van der Waals surface area (Å²) in [5.41, 5.74) is 1.21. The number of rotatable bonds is 6. The molecule has 30 heavy (non-hydrogen) atoms. The monoisotopic (exact) mass is 432 g/mol. The smallest absolute Gasteiger partial charge is 0.317 e. The molecule has 0 spiro atoms. The standard InChI is InChI=1S/C20H24N4O5S/c1-15(25)16-5-7-18(8-6-16)30(27,28)24-12-10-23(11-13-24)20(26)22-14-17-4-3-9-21-19(17)29-2/h3-9H,10-14H2,1-2H3,(H,22,26). The van der Waals surface area contributed by atoms with Crippen LogP contribution < -0.4 is 10.1 Å². The third-order valence-electron chi connectivity index (χ3n) is 4.90. The van der Waals surface area contributed by atoms with Gasteiger partial charge in [-0.3, -0.25) is 4.79 Å². The molecule has 2 aromatic rings. The summed E-state index contributed by atoms with van der Waals surface area (Å²) < 4.78 is 32.2. The topological polar surface area (TPSA) is 109 Å². The number of nitrogens with zero attached hydrogens (tertiary/aromatic N) is 3. The van der Waals surface area contributed by atoms with E-state index in [-0.39, 0.29) is 49.4 Å². The van der Waals surface area contributed by atoms with Gasteiger partial charge in [-0.15, -0.1) is 0 Å². The predicted molar refractivity (Wildman–Crippen MR) is 110 cm³/mol. The van der Waals surface area contributed by atoms with Gasteiger partial charge < -0.3 is 15.0 Å². The molecule has 10 heteroatoms. The summed E-state index contributed by atoms with van der Waals surface area (Å²) in [6, 6.07) is 9.18. The molecule has 1 fully saturated rings. The number of urea groups is 1. The summed E-state index contributed by atoms with van der Waals surface area (Å²) in [6.07, 6.45) is 1.61. The molecule has 1 aliphatic rings. The first-order valence-corrected chi connectivity index (χ1v) is 10.9. The lowest BCUT2D eigenvalue weighted by Gasteiger charge is -2.34. The predicted octanol–water partition coefficient (Wildman–Crippen LogP) is 1.51. The van der Waals surface area contributed by atoms with Crippen LogP contribution in [-0.2, 0) is 16.6 Å². The largest absolute Gasteiger partial charge is 0.481 e. The Bertz CT molecular complexity index is 1020. The van der Waals surface area contributed by atoms with Gasteiger partial charge in [0.25, 0.3) is 0 Å². The van der Waals surface area contributed by atoms with Crippen molar-refractivity contribution < 1.29 is 22.7 Å². The second-order valence-electron chi connectivity index (χ2n) is 6.80. The third-order valence-corrected chi connectivity index (χ3v) is 6.81. The number of benzene rings is 1. The lowest BCUT2D eigenvalue weighted by molar-refractivity contribution is 0.101. The van der Waals surface area contributed by atoms with Crippen molar-refractivity contribution >= 4 is 21.8 Å². The number of ether oxygens (including phenoxy) is 1. The van der Waals surface area contributed by atoms with E-state index >= 15 is 0 Å². The molecule has 3 rings (SSSR count). The van der Waals surface area contributed by atoms with Crippen LogP contribution in [0.25, 0.3) is 0 Å². The van der Waals surface area contributed by atoms with E-state index in [2.05, 4.69) is 10.3 Å². The highest BCUT2D eigenvalue weighted by Crippen LogP contribution is 2.19. The number of methoxy groups -OCH3 is 1. The lowest BCUT2D eigenvalue weighted by atomic mass is 10.2. The Morgan fingerprint density at radius 1 is 1.10 bits per heavy atom. The summed E-state index contributed by atoms with van der Waals surface area (Å²) in [5, 5.41) is 2.81. The molecule has 0 bridgehead atoms. The molecule has 0 unspecified atom stereocenters. The fourth-order valence-corrected chi connectivity index (χ4v) is 4.59. The maximum Gasteiger partial charge on any atom is 0.317 e. The van der Waals surface area contributed by atoms with E-state index in [0.717, 1.165) is 5.56 Å². The van der Waals surface area contributed by atoms with Crippen molar-refractivity contribution in [2.24, 2.45) is 0 Å². The van der Waals surface area contributed by atoms with Crippen molar-refractivity contribution in [3.05, 3.63) is 53.7 Å². The number of piperazine rings is 1. The summed E-state index contributed by atoms with van der Waals surface area (Å²) in [6.45, 7) is 2.64. The van der Waals surface area contributed by atoms with Crippen molar-refractivity contribution in [3.63, 3.8) is 0 Å². The summed E-state index contributed by atoms with van der Waals surface area (Å²) in [4.78, 5) is 29.6. The number of aromatic nitrogens is 1. The van der Waals surface area contributed by atoms with E-state index in [1.54, 1.807) is 17.2 Å². The van der Waals surface area contributed by atoms with E-state index in [1.165, 1.54) is 42.6 Å². The molecule has 9 nitrogen and oxygen atoms in total. The average molecular weight is 433 g/mol. The zero-order chi connectivity index (χ0) is 21.7. The number of nitrogens with one attached hydrogen (secondary N) is 1. The molecule has 1 N–H and O–H groups in total. The summed E-state index contributed by atoms with van der Waals surface area (Å²) in [7, 11) is -2.16. The molecule has 0 aliphatic carbocycles. The highest BCUT2D eigenvalue weighted by molar-refractivity contribution is 7.89. The number of pyridine rings is 1. The molecule has 1 aromatic carbocycles. The molecule has 1 saturated heterocycles. The van der Waals surface area contributed by atoms with Crippen LogP contribution in [0.5, 0.6) is 5.88 Å². The van der Waals surface area contributed by atoms with Crippen LogP contribution in [0, 0.1) is 0 Å². The quantitative estimate of drug-likeness (QED) is 0.693. The van der Waals surface area contributed by atoms with Crippen LogP contribution in [0.1, 0.15) is 22.8 Å². The molecular formula is C20H24N4O5S.